The van der Waals surface area contributed by atoms with Gasteiger partial charge in [0.1, 0.15) is 0 Å². The van der Waals surface area contributed by atoms with Crippen LogP contribution in [0.15, 0.2) is 29.6 Å². The second-order valence-corrected chi connectivity index (χ2v) is 6.50. The van der Waals surface area contributed by atoms with Gasteiger partial charge < -0.3 is 10.6 Å². The molecule has 0 radical (unpaired) electrons. The van der Waals surface area contributed by atoms with Crippen molar-refractivity contribution in [2.24, 2.45) is 0 Å². The van der Waals surface area contributed by atoms with Crippen LogP contribution in [0.4, 0.5) is 5.69 Å². The van der Waals surface area contributed by atoms with Gasteiger partial charge in [0, 0.05) is 16.6 Å². The predicted octanol–water partition coefficient (Wildman–Crippen LogP) is 3.45. The fourth-order valence-corrected chi connectivity index (χ4v) is 2.65. The van der Waals surface area contributed by atoms with Gasteiger partial charge in [0.25, 0.3) is 0 Å². The lowest BCUT2D eigenvalue weighted by Gasteiger charge is -2.24. The molecule has 0 unspecified atom stereocenters. The predicted molar refractivity (Wildman–Crippen MR) is 88.7 cm³/mol. The number of likely N-dealkylation sites (N-methyl/N-ethyl adjacent to an activating group) is 1. The minimum atomic E-state index is -0.584. The van der Waals surface area contributed by atoms with E-state index in [0.29, 0.717) is 0 Å². The van der Waals surface area contributed by atoms with E-state index in [1.54, 1.807) is 11.3 Å². The second-order valence-electron chi connectivity index (χ2n) is 5.44. The zero-order valence-electron chi connectivity index (χ0n) is 12.9. The van der Waals surface area contributed by atoms with E-state index >= 15 is 0 Å². The van der Waals surface area contributed by atoms with E-state index in [2.05, 4.69) is 15.6 Å². The highest BCUT2D eigenvalue weighted by Gasteiger charge is 2.26. The van der Waals surface area contributed by atoms with Gasteiger partial charge >= 0.3 is 0 Å². The van der Waals surface area contributed by atoms with Gasteiger partial charge in [-0.2, -0.15) is 0 Å². The Morgan fingerprint density at radius 2 is 1.95 bits per heavy atom. The van der Waals surface area contributed by atoms with E-state index in [1.165, 1.54) is 0 Å². The quantitative estimate of drug-likeness (QED) is 0.889. The summed E-state index contributed by atoms with van der Waals surface area (Å²) >= 11 is 1.63. The lowest BCUT2D eigenvalue weighted by Crippen LogP contribution is -2.49. The topological polar surface area (TPSA) is 54.0 Å². The number of rotatable bonds is 5. The number of aryl methyl sites for hydroxylation is 1. The molecule has 0 aliphatic carbocycles. The number of amides is 1. The third kappa shape index (κ3) is 3.89. The molecule has 0 aliphatic heterocycles. The highest BCUT2D eigenvalue weighted by molar-refractivity contribution is 7.09. The first-order valence-corrected chi connectivity index (χ1v) is 7.89. The maximum Gasteiger partial charge on any atom is 0.244 e. The van der Waals surface area contributed by atoms with Crippen LogP contribution in [0.5, 0.6) is 0 Å². The average molecular weight is 303 g/mol. The largest absolute Gasteiger partial charge is 0.325 e. The van der Waals surface area contributed by atoms with Crippen LogP contribution in [0.2, 0.25) is 0 Å². The minimum absolute atomic E-state index is 0.0402. The van der Waals surface area contributed by atoms with Crippen LogP contribution < -0.4 is 10.6 Å². The van der Waals surface area contributed by atoms with Crippen LogP contribution in [0.3, 0.4) is 0 Å². The fourth-order valence-electron chi connectivity index (χ4n) is 2.03. The summed E-state index contributed by atoms with van der Waals surface area (Å²) in [5.74, 6) is -0.0402. The van der Waals surface area contributed by atoms with E-state index in [9.17, 15) is 4.79 Å². The molecule has 0 fully saturated rings. The first-order chi connectivity index (χ1) is 9.92. The number of carbonyl (C=O) groups is 1. The SMILES string of the molecule is CCNC(C)(C)C(=O)Nc1ccc(-c2csc(C)n2)cc1. The Morgan fingerprint density at radius 1 is 1.29 bits per heavy atom. The van der Waals surface area contributed by atoms with Crippen molar-refractivity contribution in [3.63, 3.8) is 0 Å². The highest BCUT2D eigenvalue weighted by Crippen LogP contribution is 2.23. The maximum absolute atomic E-state index is 12.2. The summed E-state index contributed by atoms with van der Waals surface area (Å²) < 4.78 is 0. The molecule has 5 heteroatoms. The lowest BCUT2D eigenvalue weighted by atomic mass is 10.0. The highest BCUT2D eigenvalue weighted by atomic mass is 32.1. The first-order valence-electron chi connectivity index (χ1n) is 7.01. The number of nitrogens with zero attached hydrogens (tertiary/aromatic N) is 1. The molecule has 0 bridgehead atoms. The fraction of sp³-hybridized carbons (Fsp3) is 0.375. The summed E-state index contributed by atoms with van der Waals surface area (Å²) in [7, 11) is 0. The van der Waals surface area contributed by atoms with Gasteiger partial charge in [0.2, 0.25) is 5.91 Å². The van der Waals surface area contributed by atoms with Gasteiger partial charge in [-0.05, 0) is 39.4 Å². The van der Waals surface area contributed by atoms with Crippen molar-refractivity contribution in [2.45, 2.75) is 33.2 Å². The molecule has 0 saturated carbocycles. The summed E-state index contributed by atoms with van der Waals surface area (Å²) in [5, 5.41) is 9.18. The van der Waals surface area contributed by atoms with Crippen molar-refractivity contribution >= 4 is 22.9 Å². The summed E-state index contributed by atoms with van der Waals surface area (Å²) in [5.41, 5.74) is 2.24. The van der Waals surface area contributed by atoms with E-state index in [4.69, 9.17) is 0 Å². The van der Waals surface area contributed by atoms with E-state index in [1.807, 2.05) is 57.3 Å². The van der Waals surface area contributed by atoms with Crippen LogP contribution in [0.25, 0.3) is 11.3 Å². The van der Waals surface area contributed by atoms with E-state index < -0.39 is 5.54 Å². The molecule has 2 N–H and O–H groups in total. The molecule has 21 heavy (non-hydrogen) atoms. The normalized spacial score (nSPS) is 11.4. The number of benzene rings is 1. The maximum atomic E-state index is 12.2. The molecule has 1 aromatic carbocycles. The molecule has 1 amide bonds. The Hall–Kier alpha value is -1.72. The Morgan fingerprint density at radius 3 is 2.48 bits per heavy atom. The van der Waals surface area contributed by atoms with Crippen LogP contribution in [0.1, 0.15) is 25.8 Å². The number of anilines is 1. The number of carbonyl (C=O) groups excluding carboxylic acids is 1. The summed E-state index contributed by atoms with van der Waals surface area (Å²) in [4.78, 5) is 16.7. The Labute approximate surface area is 129 Å². The Balaban J connectivity index is 2.08. The van der Waals surface area contributed by atoms with Crippen LogP contribution in [-0.4, -0.2) is 23.0 Å². The summed E-state index contributed by atoms with van der Waals surface area (Å²) in [6, 6.07) is 7.77. The standard InChI is InChI=1S/C16H21N3OS/c1-5-17-16(3,4)15(20)19-13-8-6-12(7-9-13)14-10-21-11(2)18-14/h6-10,17H,5H2,1-4H3,(H,19,20). The molecule has 4 nitrogen and oxygen atoms in total. The number of hydrogen-bond donors (Lipinski definition) is 2. The zero-order chi connectivity index (χ0) is 15.5. The van der Waals surface area contributed by atoms with E-state index in [0.717, 1.165) is 28.5 Å². The van der Waals surface area contributed by atoms with E-state index in [-0.39, 0.29) is 5.91 Å². The van der Waals surface area contributed by atoms with Crippen molar-refractivity contribution in [1.82, 2.24) is 10.3 Å². The van der Waals surface area contributed by atoms with Crippen molar-refractivity contribution < 1.29 is 4.79 Å². The summed E-state index contributed by atoms with van der Waals surface area (Å²) in [6.07, 6.45) is 0. The lowest BCUT2D eigenvalue weighted by molar-refractivity contribution is -0.121. The van der Waals surface area contributed by atoms with Gasteiger partial charge in [-0.15, -0.1) is 11.3 Å². The smallest absolute Gasteiger partial charge is 0.244 e. The van der Waals surface area contributed by atoms with Crippen LogP contribution in [-0.2, 0) is 4.79 Å². The molecule has 112 valence electrons. The average Bonchev–Trinajstić information content (AvgIpc) is 2.86. The Kier molecular flexibility index (Phi) is 4.75. The van der Waals surface area contributed by atoms with Crippen molar-refractivity contribution in [1.29, 1.82) is 0 Å². The zero-order valence-corrected chi connectivity index (χ0v) is 13.7. The van der Waals surface area contributed by atoms with Gasteiger partial charge in [-0.25, -0.2) is 4.98 Å². The molecule has 2 rings (SSSR count). The van der Waals surface area contributed by atoms with Gasteiger partial charge in [0.05, 0.1) is 16.2 Å². The third-order valence-electron chi connectivity index (χ3n) is 3.24. The number of thiazole rings is 1. The molecular formula is C16H21N3OS. The molecule has 0 spiro atoms. The van der Waals surface area contributed by atoms with Crippen molar-refractivity contribution in [3.8, 4) is 11.3 Å². The third-order valence-corrected chi connectivity index (χ3v) is 4.02. The van der Waals surface area contributed by atoms with Crippen LogP contribution >= 0.6 is 11.3 Å². The molecule has 0 atom stereocenters. The number of aromatic nitrogens is 1. The molecule has 0 aliphatic rings. The van der Waals surface area contributed by atoms with Gasteiger partial charge in [0.15, 0.2) is 0 Å². The van der Waals surface area contributed by atoms with Gasteiger partial charge in [-0.3, -0.25) is 4.79 Å². The summed E-state index contributed by atoms with van der Waals surface area (Å²) in [6.45, 7) is 8.48. The minimum Gasteiger partial charge on any atom is -0.325 e. The number of hydrogen-bond acceptors (Lipinski definition) is 4. The van der Waals surface area contributed by atoms with Crippen molar-refractivity contribution in [2.75, 3.05) is 11.9 Å². The molecule has 1 heterocycles. The molecule has 1 aromatic heterocycles. The van der Waals surface area contributed by atoms with Crippen molar-refractivity contribution in [3.05, 3.63) is 34.7 Å². The van der Waals surface area contributed by atoms with Gasteiger partial charge in [-0.1, -0.05) is 19.1 Å². The number of nitrogens with one attached hydrogen (secondary N) is 2. The van der Waals surface area contributed by atoms with Crippen LogP contribution in [0, 0.1) is 6.92 Å². The second kappa shape index (κ2) is 6.37. The Bertz CT molecular complexity index is 617. The first kappa shape index (κ1) is 15.7. The molecule has 2 aromatic rings. The monoisotopic (exact) mass is 303 g/mol. The molecule has 0 saturated heterocycles. The molecular weight excluding hydrogens is 282 g/mol.